The average Bonchev–Trinajstić information content (AvgIpc) is 3.12. The van der Waals surface area contributed by atoms with Crippen molar-refractivity contribution in [3.8, 4) is 0 Å². The summed E-state index contributed by atoms with van der Waals surface area (Å²) in [4.78, 5) is 11.7. The van der Waals surface area contributed by atoms with Gasteiger partial charge in [-0.2, -0.15) is 13.2 Å². The highest BCUT2D eigenvalue weighted by atomic mass is 35.5. The van der Waals surface area contributed by atoms with Gasteiger partial charge >= 0.3 is 6.18 Å². The molecule has 0 radical (unpaired) electrons. The minimum Gasteiger partial charge on any atom is -0.397 e. The normalized spacial score (nSPS) is 19.1. The van der Waals surface area contributed by atoms with Crippen LogP contribution >= 0.6 is 23.2 Å². The third-order valence-corrected chi connectivity index (χ3v) is 5.35. The Bertz CT molecular complexity index is 1030. The topological polar surface area (TPSA) is 46.4 Å². The van der Waals surface area contributed by atoms with E-state index in [1.54, 1.807) is 23.1 Å². The highest BCUT2D eigenvalue weighted by Crippen LogP contribution is 2.49. The molecule has 0 saturated heterocycles. The van der Waals surface area contributed by atoms with Gasteiger partial charge in [0.25, 0.3) is 5.60 Å². The van der Waals surface area contributed by atoms with Gasteiger partial charge in [0.15, 0.2) is 5.84 Å². The first-order valence-electron chi connectivity index (χ1n) is 9.16. The molecule has 5 nitrogen and oxygen atoms in total. The fourth-order valence-corrected chi connectivity index (χ4v) is 3.92. The lowest BCUT2D eigenvalue weighted by molar-refractivity contribution is -0.275. The molecular weight excluding hydrogens is 454 g/mol. The number of alkyl halides is 3. The van der Waals surface area contributed by atoms with Crippen LogP contribution in [0.15, 0.2) is 46.7 Å². The summed E-state index contributed by atoms with van der Waals surface area (Å²) < 4.78 is 42.5. The van der Waals surface area contributed by atoms with Gasteiger partial charge in [-0.1, -0.05) is 45.6 Å². The molecule has 0 saturated carbocycles. The molecule has 1 atom stereocenters. The van der Waals surface area contributed by atoms with Gasteiger partial charge in [0.1, 0.15) is 7.11 Å². The SMILES string of the molecule is CON=C(c1ccc(C2=NOC(c3cc(Cl)cc(Cl)c3)(C(F)(F)F)C2)cc1C)N(C)C. The zero-order chi connectivity index (χ0) is 23.0. The van der Waals surface area contributed by atoms with Crippen molar-refractivity contribution >= 4 is 34.7 Å². The Balaban J connectivity index is 1.99. The first kappa shape index (κ1) is 23.2. The summed E-state index contributed by atoms with van der Waals surface area (Å²) in [5.41, 5.74) is -0.629. The molecule has 0 aromatic heterocycles. The predicted molar refractivity (Wildman–Crippen MR) is 115 cm³/mol. The zero-order valence-corrected chi connectivity index (χ0v) is 18.7. The van der Waals surface area contributed by atoms with E-state index in [-0.39, 0.29) is 21.3 Å². The van der Waals surface area contributed by atoms with Crippen molar-refractivity contribution in [2.45, 2.75) is 25.1 Å². The van der Waals surface area contributed by atoms with Gasteiger partial charge in [0.05, 0.1) is 5.71 Å². The number of amidine groups is 1. The van der Waals surface area contributed by atoms with Crippen LogP contribution in [-0.4, -0.2) is 43.8 Å². The van der Waals surface area contributed by atoms with Crippen molar-refractivity contribution in [1.29, 1.82) is 0 Å². The van der Waals surface area contributed by atoms with Crippen LogP contribution in [0.25, 0.3) is 0 Å². The summed E-state index contributed by atoms with van der Waals surface area (Å²) in [7, 11) is 5.07. The lowest BCUT2D eigenvalue weighted by atomic mass is 9.86. The fraction of sp³-hybridized carbons (Fsp3) is 0.333. The molecule has 0 spiro atoms. The van der Waals surface area contributed by atoms with Gasteiger partial charge in [-0.25, -0.2) is 0 Å². The van der Waals surface area contributed by atoms with E-state index in [0.717, 1.165) is 11.1 Å². The van der Waals surface area contributed by atoms with Gasteiger partial charge < -0.3 is 14.6 Å². The average molecular weight is 474 g/mol. The molecule has 2 aromatic rings. The van der Waals surface area contributed by atoms with E-state index in [1.165, 1.54) is 25.3 Å². The number of hydrogen-bond donors (Lipinski definition) is 0. The third kappa shape index (κ3) is 4.45. The molecule has 3 rings (SSSR count). The number of benzene rings is 2. The number of hydrogen-bond acceptors (Lipinski definition) is 4. The van der Waals surface area contributed by atoms with E-state index in [2.05, 4.69) is 10.3 Å². The Morgan fingerprint density at radius 3 is 2.32 bits per heavy atom. The second kappa shape index (κ2) is 8.59. The van der Waals surface area contributed by atoms with Gasteiger partial charge in [-0.15, -0.1) is 0 Å². The molecule has 31 heavy (non-hydrogen) atoms. The maximum absolute atomic E-state index is 14.2. The Morgan fingerprint density at radius 1 is 1.16 bits per heavy atom. The first-order valence-corrected chi connectivity index (χ1v) is 9.92. The van der Waals surface area contributed by atoms with Crippen LogP contribution in [0.5, 0.6) is 0 Å². The molecule has 0 bridgehead atoms. The van der Waals surface area contributed by atoms with Crippen LogP contribution in [0, 0.1) is 6.92 Å². The van der Waals surface area contributed by atoms with Crippen LogP contribution in [-0.2, 0) is 15.3 Å². The maximum Gasteiger partial charge on any atom is 0.435 e. The number of aryl methyl sites for hydroxylation is 1. The van der Waals surface area contributed by atoms with E-state index in [0.29, 0.717) is 11.4 Å². The molecule has 2 aromatic carbocycles. The minimum atomic E-state index is -4.75. The highest BCUT2D eigenvalue weighted by molar-refractivity contribution is 6.34. The largest absolute Gasteiger partial charge is 0.435 e. The summed E-state index contributed by atoms with van der Waals surface area (Å²) in [5, 5.41) is 7.96. The first-order chi connectivity index (χ1) is 14.5. The van der Waals surface area contributed by atoms with Gasteiger partial charge in [0.2, 0.25) is 0 Å². The van der Waals surface area contributed by atoms with Gasteiger partial charge in [-0.05, 0) is 42.3 Å². The summed E-state index contributed by atoms with van der Waals surface area (Å²) in [6.45, 7) is 1.83. The van der Waals surface area contributed by atoms with Crippen LogP contribution in [0.3, 0.4) is 0 Å². The lowest BCUT2D eigenvalue weighted by Crippen LogP contribution is -2.42. The van der Waals surface area contributed by atoms with Crippen molar-refractivity contribution < 1.29 is 22.8 Å². The maximum atomic E-state index is 14.2. The lowest BCUT2D eigenvalue weighted by Gasteiger charge is -2.29. The Kier molecular flexibility index (Phi) is 6.43. The van der Waals surface area contributed by atoms with Crippen LogP contribution < -0.4 is 0 Å². The zero-order valence-electron chi connectivity index (χ0n) is 17.2. The number of halogens is 5. The van der Waals surface area contributed by atoms with Crippen LogP contribution in [0.2, 0.25) is 10.0 Å². The minimum absolute atomic E-state index is 0.0806. The molecule has 1 aliphatic heterocycles. The third-order valence-electron chi connectivity index (χ3n) is 4.92. The van der Waals surface area contributed by atoms with Crippen LogP contribution in [0.4, 0.5) is 13.2 Å². The number of rotatable bonds is 4. The summed E-state index contributed by atoms with van der Waals surface area (Å²) >= 11 is 11.9. The molecule has 1 unspecified atom stereocenters. The van der Waals surface area contributed by atoms with E-state index in [4.69, 9.17) is 32.9 Å². The van der Waals surface area contributed by atoms with Crippen LogP contribution in [0.1, 0.15) is 28.7 Å². The summed E-state index contributed by atoms with van der Waals surface area (Å²) in [5.74, 6) is 0.578. The monoisotopic (exact) mass is 473 g/mol. The Labute approximate surface area is 188 Å². The number of nitrogens with zero attached hydrogens (tertiary/aromatic N) is 3. The molecular formula is C21H20Cl2F3N3O2. The van der Waals surface area contributed by atoms with Crippen molar-refractivity contribution in [3.63, 3.8) is 0 Å². The molecule has 1 heterocycles. The van der Waals surface area contributed by atoms with Crippen molar-refractivity contribution in [2.75, 3.05) is 21.2 Å². The molecule has 10 heteroatoms. The molecule has 0 N–H and O–H groups in total. The summed E-state index contributed by atoms with van der Waals surface area (Å²) in [6, 6.07) is 8.92. The van der Waals surface area contributed by atoms with Gasteiger partial charge in [0, 0.05) is 41.7 Å². The number of oxime groups is 2. The second-order valence-corrected chi connectivity index (χ2v) is 8.18. The highest BCUT2D eigenvalue weighted by Gasteiger charge is 2.62. The molecule has 0 aliphatic carbocycles. The van der Waals surface area contributed by atoms with Crippen molar-refractivity contribution in [3.05, 3.63) is 68.7 Å². The molecule has 0 amide bonds. The molecule has 166 valence electrons. The quantitative estimate of drug-likeness (QED) is 0.322. The standard InChI is InChI=1S/C21H20Cl2F3N3O2/c1-12-7-13(5-6-17(12)19(28-30-4)29(2)3)18-11-20(31-27-18,21(24,25)26)14-8-15(22)10-16(23)9-14/h5-10H,11H2,1-4H3. The smallest absolute Gasteiger partial charge is 0.397 e. The molecule has 0 fully saturated rings. The predicted octanol–water partition coefficient (Wildman–Crippen LogP) is 5.75. The van der Waals surface area contributed by atoms with E-state index < -0.39 is 18.2 Å². The molecule has 1 aliphatic rings. The van der Waals surface area contributed by atoms with Crippen molar-refractivity contribution in [1.82, 2.24) is 4.90 Å². The second-order valence-electron chi connectivity index (χ2n) is 7.31. The van der Waals surface area contributed by atoms with E-state index in [1.807, 2.05) is 21.0 Å². The Morgan fingerprint density at radius 2 is 1.81 bits per heavy atom. The summed E-state index contributed by atoms with van der Waals surface area (Å²) in [6.07, 6.45) is -5.26. The Hall–Kier alpha value is -2.45. The van der Waals surface area contributed by atoms with E-state index >= 15 is 0 Å². The van der Waals surface area contributed by atoms with Crippen molar-refractivity contribution in [2.24, 2.45) is 10.3 Å². The fourth-order valence-electron chi connectivity index (χ4n) is 3.40. The van der Waals surface area contributed by atoms with E-state index in [9.17, 15) is 13.2 Å². The van der Waals surface area contributed by atoms with Gasteiger partial charge in [-0.3, -0.25) is 0 Å².